The molecule has 90 valence electrons. The Morgan fingerprint density at radius 3 is 2.19 bits per heavy atom. The number of anilines is 2. The van der Waals surface area contributed by atoms with Gasteiger partial charge in [-0.2, -0.15) is 0 Å². The molecule has 0 fully saturated rings. The van der Waals surface area contributed by atoms with Crippen molar-refractivity contribution in [2.24, 2.45) is 5.92 Å². The zero-order valence-electron chi connectivity index (χ0n) is 9.30. The Morgan fingerprint density at radius 2 is 1.81 bits per heavy atom. The maximum Gasteiger partial charge on any atom is 0.0723 e. The maximum absolute atomic E-state index is 9.22. The highest BCUT2D eigenvalue weighted by atomic mass is 35.5. The van der Waals surface area contributed by atoms with E-state index in [0.29, 0.717) is 21.4 Å². The number of nitrogens with two attached hydrogens (primary N) is 1. The van der Waals surface area contributed by atoms with Crippen LogP contribution >= 0.6 is 23.2 Å². The van der Waals surface area contributed by atoms with Crippen LogP contribution in [0.5, 0.6) is 0 Å². The van der Waals surface area contributed by atoms with Gasteiger partial charge in [-0.05, 0) is 18.1 Å². The summed E-state index contributed by atoms with van der Waals surface area (Å²) in [7, 11) is 0. The fraction of sp³-hybridized carbons (Fsp3) is 0.455. The van der Waals surface area contributed by atoms with E-state index in [1.807, 2.05) is 13.8 Å². The van der Waals surface area contributed by atoms with Crippen molar-refractivity contribution in [1.29, 1.82) is 0 Å². The second kappa shape index (κ2) is 5.62. The molecule has 1 aromatic rings. The molecule has 1 atom stereocenters. The molecule has 4 N–H and O–H groups in total. The van der Waals surface area contributed by atoms with Gasteiger partial charge in [-0.1, -0.05) is 37.0 Å². The van der Waals surface area contributed by atoms with Crippen molar-refractivity contribution in [3.8, 4) is 0 Å². The molecule has 1 aromatic carbocycles. The first-order valence-electron chi connectivity index (χ1n) is 5.07. The first-order valence-corrected chi connectivity index (χ1v) is 5.83. The summed E-state index contributed by atoms with van der Waals surface area (Å²) in [6.45, 7) is 4.04. The Bertz CT molecular complexity index is 346. The summed E-state index contributed by atoms with van der Waals surface area (Å²) >= 11 is 12.1. The number of nitrogen functional groups attached to an aromatic ring is 1. The molecule has 0 aromatic heterocycles. The highest BCUT2D eigenvalue weighted by Crippen LogP contribution is 2.33. The SMILES string of the molecule is CC(C)C(CO)Nc1c(Cl)cc(N)cc1Cl. The summed E-state index contributed by atoms with van der Waals surface area (Å²) in [5.74, 6) is 0.273. The first kappa shape index (κ1) is 13.4. The fourth-order valence-electron chi connectivity index (χ4n) is 1.34. The lowest BCUT2D eigenvalue weighted by Gasteiger charge is -2.22. The van der Waals surface area contributed by atoms with Crippen LogP contribution in [0, 0.1) is 5.92 Å². The number of nitrogens with one attached hydrogen (secondary N) is 1. The van der Waals surface area contributed by atoms with Crippen LogP contribution in [0.25, 0.3) is 0 Å². The minimum absolute atomic E-state index is 0.0225. The number of aliphatic hydroxyl groups excluding tert-OH is 1. The van der Waals surface area contributed by atoms with Crippen molar-refractivity contribution < 1.29 is 5.11 Å². The zero-order chi connectivity index (χ0) is 12.3. The molecule has 0 aliphatic carbocycles. The smallest absolute Gasteiger partial charge is 0.0723 e. The van der Waals surface area contributed by atoms with Crippen LogP contribution in [0.1, 0.15) is 13.8 Å². The molecular formula is C11H16Cl2N2O. The topological polar surface area (TPSA) is 58.3 Å². The Hall–Kier alpha value is -0.640. The van der Waals surface area contributed by atoms with Crippen molar-refractivity contribution in [1.82, 2.24) is 0 Å². The van der Waals surface area contributed by atoms with Gasteiger partial charge in [0.2, 0.25) is 0 Å². The largest absolute Gasteiger partial charge is 0.399 e. The third-order valence-electron chi connectivity index (χ3n) is 2.40. The van der Waals surface area contributed by atoms with Crippen molar-refractivity contribution in [2.45, 2.75) is 19.9 Å². The fourth-order valence-corrected chi connectivity index (χ4v) is 1.95. The monoisotopic (exact) mass is 262 g/mol. The van der Waals surface area contributed by atoms with Gasteiger partial charge in [-0.3, -0.25) is 0 Å². The third kappa shape index (κ3) is 3.17. The van der Waals surface area contributed by atoms with Crippen LogP contribution in [-0.2, 0) is 0 Å². The molecule has 0 bridgehead atoms. The Morgan fingerprint density at radius 1 is 1.31 bits per heavy atom. The van der Waals surface area contributed by atoms with E-state index in [2.05, 4.69) is 5.32 Å². The molecule has 0 aliphatic heterocycles. The summed E-state index contributed by atoms with van der Waals surface area (Å²) in [6.07, 6.45) is 0. The van der Waals surface area contributed by atoms with Gasteiger partial charge in [0.15, 0.2) is 0 Å². The molecule has 0 saturated heterocycles. The molecule has 0 amide bonds. The van der Waals surface area contributed by atoms with E-state index >= 15 is 0 Å². The van der Waals surface area contributed by atoms with Crippen LogP contribution in [0.15, 0.2) is 12.1 Å². The number of hydrogen-bond acceptors (Lipinski definition) is 3. The second-order valence-corrected chi connectivity index (χ2v) is 4.85. The van der Waals surface area contributed by atoms with E-state index < -0.39 is 0 Å². The lowest BCUT2D eigenvalue weighted by Crippen LogP contribution is -2.29. The third-order valence-corrected chi connectivity index (χ3v) is 2.99. The highest BCUT2D eigenvalue weighted by Gasteiger charge is 2.15. The van der Waals surface area contributed by atoms with Crippen molar-refractivity contribution in [3.05, 3.63) is 22.2 Å². The predicted octanol–water partition coefficient (Wildman–Crippen LogP) is 3.00. The van der Waals surface area contributed by atoms with E-state index in [-0.39, 0.29) is 18.6 Å². The van der Waals surface area contributed by atoms with Crippen molar-refractivity contribution >= 4 is 34.6 Å². The van der Waals surface area contributed by atoms with Gasteiger partial charge in [0.05, 0.1) is 28.4 Å². The lowest BCUT2D eigenvalue weighted by molar-refractivity contribution is 0.249. The predicted molar refractivity (Wildman–Crippen MR) is 70.2 cm³/mol. The number of rotatable bonds is 4. The van der Waals surface area contributed by atoms with Gasteiger partial charge in [-0.25, -0.2) is 0 Å². The minimum Gasteiger partial charge on any atom is -0.399 e. The molecule has 0 spiro atoms. The van der Waals surface area contributed by atoms with E-state index in [9.17, 15) is 5.11 Å². The molecule has 0 saturated carbocycles. The van der Waals surface area contributed by atoms with Crippen LogP contribution in [0.2, 0.25) is 10.0 Å². The molecular weight excluding hydrogens is 247 g/mol. The number of benzene rings is 1. The number of halogens is 2. The van der Waals surface area contributed by atoms with Gasteiger partial charge >= 0.3 is 0 Å². The van der Waals surface area contributed by atoms with Gasteiger partial charge in [-0.15, -0.1) is 0 Å². The van der Waals surface area contributed by atoms with Crippen LogP contribution in [0.3, 0.4) is 0 Å². The van der Waals surface area contributed by atoms with Crippen LogP contribution < -0.4 is 11.1 Å². The van der Waals surface area contributed by atoms with E-state index in [1.165, 1.54) is 0 Å². The highest BCUT2D eigenvalue weighted by molar-refractivity contribution is 6.39. The molecule has 1 unspecified atom stereocenters. The molecule has 0 heterocycles. The van der Waals surface area contributed by atoms with Gasteiger partial charge < -0.3 is 16.2 Å². The van der Waals surface area contributed by atoms with Crippen molar-refractivity contribution in [2.75, 3.05) is 17.7 Å². The van der Waals surface area contributed by atoms with E-state index in [0.717, 1.165) is 0 Å². The summed E-state index contributed by atoms with van der Waals surface area (Å²) in [4.78, 5) is 0. The van der Waals surface area contributed by atoms with Gasteiger partial charge in [0, 0.05) is 5.69 Å². The number of aliphatic hydroxyl groups is 1. The molecule has 0 aliphatic rings. The molecule has 16 heavy (non-hydrogen) atoms. The quantitative estimate of drug-likeness (QED) is 0.732. The van der Waals surface area contributed by atoms with Gasteiger partial charge in [0.25, 0.3) is 0 Å². The summed E-state index contributed by atoms with van der Waals surface area (Å²) in [6, 6.07) is 3.17. The summed E-state index contributed by atoms with van der Waals surface area (Å²) < 4.78 is 0. The van der Waals surface area contributed by atoms with Gasteiger partial charge in [0.1, 0.15) is 0 Å². The molecule has 5 heteroatoms. The van der Waals surface area contributed by atoms with Crippen LogP contribution in [-0.4, -0.2) is 17.8 Å². The Balaban J connectivity index is 2.96. The lowest BCUT2D eigenvalue weighted by atomic mass is 10.1. The minimum atomic E-state index is -0.0846. The van der Waals surface area contributed by atoms with E-state index in [4.69, 9.17) is 28.9 Å². The summed E-state index contributed by atoms with van der Waals surface area (Å²) in [5, 5.41) is 13.3. The first-order chi connectivity index (χ1) is 7.45. The molecule has 3 nitrogen and oxygen atoms in total. The Kier molecular flexibility index (Phi) is 4.71. The zero-order valence-corrected chi connectivity index (χ0v) is 10.8. The second-order valence-electron chi connectivity index (χ2n) is 4.04. The summed E-state index contributed by atoms with van der Waals surface area (Å²) in [5.41, 5.74) is 6.74. The maximum atomic E-state index is 9.22. The van der Waals surface area contributed by atoms with E-state index in [1.54, 1.807) is 12.1 Å². The van der Waals surface area contributed by atoms with Crippen LogP contribution in [0.4, 0.5) is 11.4 Å². The molecule has 1 rings (SSSR count). The number of hydrogen-bond donors (Lipinski definition) is 3. The van der Waals surface area contributed by atoms with Crippen molar-refractivity contribution in [3.63, 3.8) is 0 Å². The average Bonchev–Trinajstić information content (AvgIpc) is 2.15. The normalized spacial score (nSPS) is 12.9. The Labute approximate surface area is 106 Å². The standard InChI is InChI=1S/C11H16Cl2N2O/c1-6(2)10(5-16)15-11-8(12)3-7(14)4-9(11)13/h3-4,6,10,15-16H,5,14H2,1-2H3. The average molecular weight is 263 g/mol. The molecule has 0 radical (unpaired) electrons.